The summed E-state index contributed by atoms with van der Waals surface area (Å²) in [6, 6.07) is 17.8. The minimum Gasteiger partial charge on any atom is -0.489 e. The Hall–Kier alpha value is -2.33. The van der Waals surface area contributed by atoms with Gasteiger partial charge in [-0.3, -0.25) is 4.79 Å². The van der Waals surface area contributed by atoms with E-state index in [0.717, 1.165) is 36.4 Å². The van der Waals surface area contributed by atoms with E-state index in [1.807, 2.05) is 54.6 Å². The fraction of sp³-hybridized carbons (Fsp3) is 0.316. The number of nitrogens with one attached hydrogen (secondary N) is 2. The quantitative estimate of drug-likeness (QED) is 0.860. The number of rotatable bonds is 6. The van der Waals surface area contributed by atoms with Crippen LogP contribution in [0.25, 0.3) is 0 Å². The molecule has 1 unspecified atom stereocenters. The maximum atomic E-state index is 12.2. The number of benzene rings is 2. The van der Waals surface area contributed by atoms with E-state index in [4.69, 9.17) is 4.74 Å². The fourth-order valence-corrected chi connectivity index (χ4v) is 2.80. The third kappa shape index (κ3) is 4.57. The van der Waals surface area contributed by atoms with E-state index in [-0.39, 0.29) is 5.91 Å². The average Bonchev–Trinajstić information content (AvgIpc) is 3.08. The summed E-state index contributed by atoms with van der Waals surface area (Å²) in [5.41, 5.74) is 1.80. The van der Waals surface area contributed by atoms with Crippen LogP contribution in [0.1, 0.15) is 24.8 Å². The van der Waals surface area contributed by atoms with Crippen molar-refractivity contribution in [3.8, 4) is 5.75 Å². The number of amides is 1. The predicted octanol–water partition coefficient (Wildman–Crippen LogP) is 3.35. The first kappa shape index (κ1) is 15.6. The van der Waals surface area contributed by atoms with Crippen molar-refractivity contribution in [3.05, 3.63) is 60.2 Å². The fourth-order valence-electron chi connectivity index (χ4n) is 2.80. The summed E-state index contributed by atoms with van der Waals surface area (Å²) >= 11 is 0. The molecule has 0 radical (unpaired) electrons. The minimum absolute atomic E-state index is 0.0524. The predicted molar refractivity (Wildman–Crippen MR) is 91.5 cm³/mol. The standard InChI is InChI=1S/C19H22N2O2/c22-19(13-16-8-6-12-20-16)21-18-11-5-4-7-15(18)14-23-17-9-2-1-3-10-17/h1-5,7,9-11,16,20H,6,8,12-14H2,(H,21,22). The van der Waals surface area contributed by atoms with Crippen LogP contribution in [0.5, 0.6) is 5.75 Å². The molecule has 1 aliphatic rings. The number of para-hydroxylation sites is 2. The van der Waals surface area contributed by atoms with E-state index in [9.17, 15) is 4.79 Å². The molecule has 1 fully saturated rings. The third-order valence-electron chi connectivity index (χ3n) is 4.02. The van der Waals surface area contributed by atoms with Crippen molar-refractivity contribution < 1.29 is 9.53 Å². The molecule has 0 aliphatic carbocycles. The molecule has 1 heterocycles. The van der Waals surface area contributed by atoms with Crippen LogP contribution < -0.4 is 15.4 Å². The molecule has 2 aromatic carbocycles. The SMILES string of the molecule is O=C(CC1CCCN1)Nc1ccccc1COc1ccccc1. The Labute approximate surface area is 136 Å². The van der Waals surface area contributed by atoms with Gasteiger partial charge in [-0.15, -0.1) is 0 Å². The molecule has 0 saturated carbocycles. The third-order valence-corrected chi connectivity index (χ3v) is 4.02. The Morgan fingerprint density at radius 2 is 1.91 bits per heavy atom. The first-order chi connectivity index (χ1) is 11.3. The smallest absolute Gasteiger partial charge is 0.225 e. The van der Waals surface area contributed by atoms with Crippen molar-refractivity contribution >= 4 is 11.6 Å². The molecule has 2 N–H and O–H groups in total. The second kappa shape index (κ2) is 7.79. The van der Waals surface area contributed by atoms with Crippen molar-refractivity contribution in [2.75, 3.05) is 11.9 Å². The largest absolute Gasteiger partial charge is 0.489 e. The molecule has 1 aliphatic heterocycles. The first-order valence-corrected chi connectivity index (χ1v) is 8.10. The van der Waals surface area contributed by atoms with Gasteiger partial charge in [-0.1, -0.05) is 36.4 Å². The van der Waals surface area contributed by atoms with Gasteiger partial charge in [0.1, 0.15) is 12.4 Å². The molecule has 3 rings (SSSR count). The van der Waals surface area contributed by atoms with Gasteiger partial charge in [0, 0.05) is 23.7 Å². The highest BCUT2D eigenvalue weighted by atomic mass is 16.5. The highest BCUT2D eigenvalue weighted by Crippen LogP contribution is 2.19. The Bertz CT molecular complexity index is 637. The molecular formula is C19H22N2O2. The molecule has 23 heavy (non-hydrogen) atoms. The number of hydrogen-bond acceptors (Lipinski definition) is 3. The van der Waals surface area contributed by atoms with Gasteiger partial charge in [0.25, 0.3) is 0 Å². The number of hydrogen-bond donors (Lipinski definition) is 2. The molecule has 1 amide bonds. The summed E-state index contributed by atoms with van der Waals surface area (Å²) in [5.74, 6) is 0.875. The van der Waals surface area contributed by atoms with E-state index in [1.165, 1.54) is 0 Å². The van der Waals surface area contributed by atoms with Gasteiger partial charge in [0.15, 0.2) is 0 Å². The second-order valence-corrected chi connectivity index (χ2v) is 5.80. The van der Waals surface area contributed by atoms with Crippen molar-refractivity contribution in [2.45, 2.75) is 31.9 Å². The van der Waals surface area contributed by atoms with Gasteiger partial charge in [-0.25, -0.2) is 0 Å². The summed E-state index contributed by atoms with van der Waals surface area (Å²) in [4.78, 5) is 12.2. The maximum absolute atomic E-state index is 12.2. The lowest BCUT2D eigenvalue weighted by molar-refractivity contribution is -0.116. The highest BCUT2D eigenvalue weighted by Gasteiger charge is 2.18. The number of carbonyl (C=O) groups excluding carboxylic acids is 1. The zero-order chi connectivity index (χ0) is 15.9. The maximum Gasteiger partial charge on any atom is 0.225 e. The Kier molecular flexibility index (Phi) is 5.27. The first-order valence-electron chi connectivity index (χ1n) is 8.10. The van der Waals surface area contributed by atoms with E-state index in [1.54, 1.807) is 0 Å². The van der Waals surface area contributed by atoms with E-state index < -0.39 is 0 Å². The number of ether oxygens (including phenoxy) is 1. The van der Waals surface area contributed by atoms with Crippen LogP contribution in [0.4, 0.5) is 5.69 Å². The van der Waals surface area contributed by atoms with Gasteiger partial charge in [0.2, 0.25) is 5.91 Å². The molecule has 4 nitrogen and oxygen atoms in total. The topological polar surface area (TPSA) is 50.4 Å². The minimum atomic E-state index is 0.0524. The molecule has 120 valence electrons. The van der Waals surface area contributed by atoms with E-state index in [2.05, 4.69) is 10.6 Å². The van der Waals surface area contributed by atoms with Gasteiger partial charge < -0.3 is 15.4 Å². The highest BCUT2D eigenvalue weighted by molar-refractivity contribution is 5.91. The van der Waals surface area contributed by atoms with Gasteiger partial charge in [0.05, 0.1) is 0 Å². The van der Waals surface area contributed by atoms with Gasteiger partial charge in [-0.05, 0) is 37.6 Å². The van der Waals surface area contributed by atoms with Crippen molar-refractivity contribution in [1.29, 1.82) is 0 Å². The van der Waals surface area contributed by atoms with Crippen LogP contribution in [-0.4, -0.2) is 18.5 Å². The van der Waals surface area contributed by atoms with E-state index in [0.29, 0.717) is 19.1 Å². The zero-order valence-corrected chi connectivity index (χ0v) is 13.1. The average molecular weight is 310 g/mol. The molecule has 0 aromatic heterocycles. The van der Waals surface area contributed by atoms with Crippen LogP contribution in [0.2, 0.25) is 0 Å². The molecular weight excluding hydrogens is 288 g/mol. The summed E-state index contributed by atoms with van der Waals surface area (Å²) in [6.45, 7) is 1.45. The number of anilines is 1. The molecule has 0 spiro atoms. The summed E-state index contributed by atoms with van der Waals surface area (Å²) in [6.07, 6.45) is 2.75. The second-order valence-electron chi connectivity index (χ2n) is 5.80. The van der Waals surface area contributed by atoms with Crippen molar-refractivity contribution in [3.63, 3.8) is 0 Å². The van der Waals surface area contributed by atoms with Gasteiger partial charge in [-0.2, -0.15) is 0 Å². The van der Waals surface area contributed by atoms with Crippen LogP contribution >= 0.6 is 0 Å². The lowest BCUT2D eigenvalue weighted by Gasteiger charge is -2.14. The molecule has 4 heteroatoms. The monoisotopic (exact) mass is 310 g/mol. The molecule has 0 bridgehead atoms. The summed E-state index contributed by atoms with van der Waals surface area (Å²) in [5, 5.41) is 6.36. The number of carbonyl (C=O) groups is 1. The normalized spacial score (nSPS) is 17.0. The Balaban J connectivity index is 1.59. The van der Waals surface area contributed by atoms with E-state index >= 15 is 0 Å². The summed E-state index contributed by atoms with van der Waals surface area (Å²) in [7, 11) is 0. The van der Waals surface area contributed by atoms with Gasteiger partial charge >= 0.3 is 0 Å². The van der Waals surface area contributed by atoms with Crippen molar-refractivity contribution in [1.82, 2.24) is 5.32 Å². The summed E-state index contributed by atoms with van der Waals surface area (Å²) < 4.78 is 5.78. The van der Waals surface area contributed by atoms with Crippen LogP contribution in [0.3, 0.4) is 0 Å². The Morgan fingerprint density at radius 3 is 2.70 bits per heavy atom. The molecule has 2 aromatic rings. The van der Waals surface area contributed by atoms with Crippen LogP contribution in [-0.2, 0) is 11.4 Å². The van der Waals surface area contributed by atoms with Crippen LogP contribution in [0, 0.1) is 0 Å². The van der Waals surface area contributed by atoms with Crippen molar-refractivity contribution in [2.24, 2.45) is 0 Å². The molecule has 1 saturated heterocycles. The van der Waals surface area contributed by atoms with Crippen LogP contribution in [0.15, 0.2) is 54.6 Å². The molecule has 1 atom stereocenters. The zero-order valence-electron chi connectivity index (χ0n) is 13.1. The Morgan fingerprint density at radius 1 is 1.13 bits per heavy atom. The lowest BCUT2D eigenvalue weighted by atomic mass is 10.1. The lowest BCUT2D eigenvalue weighted by Crippen LogP contribution is -2.27.